The van der Waals surface area contributed by atoms with Gasteiger partial charge in [-0.2, -0.15) is 0 Å². The molecule has 4 nitrogen and oxygen atoms in total. The topological polar surface area (TPSA) is 55.6 Å². The van der Waals surface area contributed by atoms with Crippen molar-refractivity contribution in [3.05, 3.63) is 0 Å². The SMILES string of the molecule is C[C@@H]1CN(C(=O)CC(N)CC(C)(C)C)C[C@H](C)O1. The lowest BCUT2D eigenvalue weighted by molar-refractivity contribution is -0.143. The van der Waals surface area contributed by atoms with Crippen LogP contribution in [0.1, 0.15) is 47.5 Å². The molecule has 0 aromatic carbocycles. The maximum atomic E-state index is 12.2. The van der Waals surface area contributed by atoms with E-state index in [2.05, 4.69) is 20.8 Å². The zero-order valence-corrected chi connectivity index (χ0v) is 12.4. The Morgan fingerprint density at radius 3 is 2.28 bits per heavy atom. The average Bonchev–Trinajstić information content (AvgIpc) is 2.12. The first-order valence-corrected chi connectivity index (χ1v) is 6.86. The van der Waals surface area contributed by atoms with E-state index in [0.717, 1.165) is 6.42 Å². The molecule has 1 amide bonds. The maximum Gasteiger partial charge on any atom is 0.224 e. The van der Waals surface area contributed by atoms with Gasteiger partial charge in [-0.05, 0) is 25.7 Å². The largest absolute Gasteiger partial charge is 0.372 e. The van der Waals surface area contributed by atoms with Gasteiger partial charge in [0.05, 0.1) is 12.2 Å². The molecular weight excluding hydrogens is 228 g/mol. The summed E-state index contributed by atoms with van der Waals surface area (Å²) in [6, 6.07) is -0.0500. The lowest BCUT2D eigenvalue weighted by atomic mass is 9.87. The molecule has 1 heterocycles. The molecule has 106 valence electrons. The van der Waals surface area contributed by atoms with Crippen molar-refractivity contribution in [1.82, 2.24) is 4.90 Å². The highest BCUT2D eigenvalue weighted by atomic mass is 16.5. The van der Waals surface area contributed by atoms with Gasteiger partial charge in [-0.1, -0.05) is 20.8 Å². The van der Waals surface area contributed by atoms with Crippen molar-refractivity contribution >= 4 is 5.91 Å². The van der Waals surface area contributed by atoms with Crippen molar-refractivity contribution in [2.45, 2.75) is 65.7 Å². The van der Waals surface area contributed by atoms with Crippen LogP contribution in [-0.2, 0) is 9.53 Å². The molecule has 4 heteroatoms. The number of carbonyl (C=O) groups is 1. The number of amides is 1. The average molecular weight is 256 g/mol. The second kappa shape index (κ2) is 6.02. The zero-order valence-electron chi connectivity index (χ0n) is 12.4. The lowest BCUT2D eigenvalue weighted by Crippen LogP contribution is -2.49. The van der Waals surface area contributed by atoms with Gasteiger partial charge in [-0.15, -0.1) is 0 Å². The molecule has 1 rings (SSSR count). The van der Waals surface area contributed by atoms with Crippen LogP contribution in [0.3, 0.4) is 0 Å². The first-order chi connectivity index (χ1) is 8.17. The van der Waals surface area contributed by atoms with E-state index in [1.807, 2.05) is 18.7 Å². The van der Waals surface area contributed by atoms with E-state index in [9.17, 15) is 4.79 Å². The number of morpholine rings is 1. The van der Waals surface area contributed by atoms with Gasteiger partial charge in [0.15, 0.2) is 0 Å². The summed E-state index contributed by atoms with van der Waals surface area (Å²) in [6.45, 7) is 11.8. The molecule has 0 spiro atoms. The Hall–Kier alpha value is -0.610. The van der Waals surface area contributed by atoms with Crippen LogP contribution in [0.25, 0.3) is 0 Å². The van der Waals surface area contributed by atoms with Crippen molar-refractivity contribution in [3.8, 4) is 0 Å². The molecule has 0 radical (unpaired) electrons. The van der Waals surface area contributed by atoms with Crippen LogP contribution < -0.4 is 5.73 Å². The normalized spacial score (nSPS) is 27.1. The number of ether oxygens (including phenoxy) is 1. The van der Waals surface area contributed by atoms with E-state index in [1.165, 1.54) is 0 Å². The van der Waals surface area contributed by atoms with Crippen LogP contribution in [-0.4, -0.2) is 42.1 Å². The fourth-order valence-electron chi connectivity index (χ4n) is 2.59. The summed E-state index contributed by atoms with van der Waals surface area (Å²) in [4.78, 5) is 14.1. The molecule has 0 aliphatic carbocycles. The summed E-state index contributed by atoms with van der Waals surface area (Å²) in [6.07, 6.45) is 1.55. The van der Waals surface area contributed by atoms with Gasteiger partial charge in [0, 0.05) is 25.6 Å². The lowest BCUT2D eigenvalue weighted by Gasteiger charge is -2.36. The van der Waals surface area contributed by atoms with Crippen LogP contribution in [0.5, 0.6) is 0 Å². The van der Waals surface area contributed by atoms with E-state index in [1.54, 1.807) is 0 Å². The van der Waals surface area contributed by atoms with Crippen LogP contribution in [0.15, 0.2) is 0 Å². The van der Waals surface area contributed by atoms with Crippen molar-refractivity contribution in [2.24, 2.45) is 11.1 Å². The number of nitrogens with zero attached hydrogens (tertiary/aromatic N) is 1. The van der Waals surface area contributed by atoms with Gasteiger partial charge in [0.1, 0.15) is 0 Å². The number of hydrogen-bond donors (Lipinski definition) is 1. The number of rotatable bonds is 3. The quantitative estimate of drug-likeness (QED) is 0.837. The number of hydrogen-bond acceptors (Lipinski definition) is 3. The highest BCUT2D eigenvalue weighted by Gasteiger charge is 2.27. The maximum absolute atomic E-state index is 12.2. The van der Waals surface area contributed by atoms with Crippen molar-refractivity contribution in [2.75, 3.05) is 13.1 Å². The van der Waals surface area contributed by atoms with Crippen molar-refractivity contribution < 1.29 is 9.53 Å². The molecule has 1 aliphatic heterocycles. The minimum Gasteiger partial charge on any atom is -0.372 e. The molecule has 0 saturated carbocycles. The molecule has 3 atom stereocenters. The third-order valence-corrected chi connectivity index (χ3v) is 3.08. The molecular formula is C14H28N2O2. The highest BCUT2D eigenvalue weighted by Crippen LogP contribution is 2.22. The number of nitrogens with two attached hydrogens (primary N) is 1. The fourth-order valence-corrected chi connectivity index (χ4v) is 2.59. The predicted octanol–water partition coefficient (Wildman–Crippen LogP) is 1.78. The summed E-state index contributed by atoms with van der Waals surface area (Å²) in [5, 5.41) is 0. The first-order valence-electron chi connectivity index (χ1n) is 6.86. The van der Waals surface area contributed by atoms with Crippen LogP contribution in [0.2, 0.25) is 0 Å². The standard InChI is InChI=1S/C14H28N2O2/c1-10-8-16(9-11(2)18-10)13(17)6-12(15)7-14(3,4)5/h10-12H,6-9,15H2,1-5H3/t10-,11+,12?. The molecule has 1 saturated heterocycles. The van der Waals surface area contributed by atoms with E-state index < -0.39 is 0 Å². The van der Waals surface area contributed by atoms with E-state index in [4.69, 9.17) is 10.5 Å². The van der Waals surface area contributed by atoms with E-state index >= 15 is 0 Å². The molecule has 1 unspecified atom stereocenters. The zero-order chi connectivity index (χ0) is 13.9. The highest BCUT2D eigenvalue weighted by molar-refractivity contribution is 5.77. The van der Waals surface area contributed by atoms with Gasteiger partial charge in [0.25, 0.3) is 0 Å². The van der Waals surface area contributed by atoms with Crippen molar-refractivity contribution in [1.29, 1.82) is 0 Å². The van der Waals surface area contributed by atoms with Crippen LogP contribution in [0, 0.1) is 5.41 Å². The van der Waals surface area contributed by atoms with E-state index in [-0.39, 0.29) is 29.6 Å². The molecule has 1 aliphatic rings. The van der Waals surface area contributed by atoms with Gasteiger partial charge < -0.3 is 15.4 Å². The first kappa shape index (κ1) is 15.4. The molecule has 18 heavy (non-hydrogen) atoms. The Labute approximate surface area is 111 Å². The van der Waals surface area contributed by atoms with Crippen molar-refractivity contribution in [3.63, 3.8) is 0 Å². The predicted molar refractivity (Wildman–Crippen MR) is 73.3 cm³/mol. The van der Waals surface area contributed by atoms with Gasteiger partial charge in [0.2, 0.25) is 5.91 Å². The summed E-state index contributed by atoms with van der Waals surface area (Å²) < 4.78 is 5.63. The summed E-state index contributed by atoms with van der Waals surface area (Å²) >= 11 is 0. The van der Waals surface area contributed by atoms with Gasteiger partial charge in [-0.3, -0.25) is 4.79 Å². The Bertz CT molecular complexity index is 276. The Morgan fingerprint density at radius 2 is 1.83 bits per heavy atom. The summed E-state index contributed by atoms with van der Waals surface area (Å²) in [5.74, 6) is 0.161. The van der Waals surface area contributed by atoms with E-state index in [0.29, 0.717) is 19.5 Å². The molecule has 0 bridgehead atoms. The summed E-state index contributed by atoms with van der Waals surface area (Å²) in [5.41, 5.74) is 6.23. The molecule has 0 aromatic rings. The van der Waals surface area contributed by atoms with Crippen LogP contribution in [0.4, 0.5) is 0 Å². The monoisotopic (exact) mass is 256 g/mol. The Kier molecular flexibility index (Phi) is 5.17. The number of carbonyl (C=O) groups excluding carboxylic acids is 1. The Morgan fingerprint density at radius 1 is 1.33 bits per heavy atom. The summed E-state index contributed by atoms with van der Waals surface area (Å²) in [7, 11) is 0. The van der Waals surface area contributed by atoms with Gasteiger partial charge in [-0.25, -0.2) is 0 Å². The minimum atomic E-state index is -0.0500. The third-order valence-electron chi connectivity index (χ3n) is 3.08. The fraction of sp³-hybridized carbons (Fsp3) is 0.929. The molecule has 2 N–H and O–H groups in total. The van der Waals surface area contributed by atoms with Gasteiger partial charge >= 0.3 is 0 Å². The second-order valence-corrected chi connectivity index (χ2v) is 6.79. The molecule has 1 fully saturated rings. The third kappa shape index (κ3) is 5.36. The van der Waals surface area contributed by atoms with Crippen LogP contribution >= 0.6 is 0 Å². The smallest absolute Gasteiger partial charge is 0.224 e. The molecule has 0 aromatic heterocycles. The second-order valence-electron chi connectivity index (χ2n) is 6.79. The minimum absolute atomic E-state index is 0.0500. The Balaban J connectivity index is 2.45.